The van der Waals surface area contributed by atoms with Gasteiger partial charge in [-0.2, -0.15) is 0 Å². The van der Waals surface area contributed by atoms with Crippen molar-refractivity contribution in [3.05, 3.63) is 53.6 Å². The molecular formula is C17H20N2O2. The summed E-state index contributed by atoms with van der Waals surface area (Å²) in [5.41, 5.74) is 9.24. The number of amides is 1. The van der Waals surface area contributed by atoms with Gasteiger partial charge in [0.2, 0.25) is 5.91 Å². The number of hydrogen-bond acceptors (Lipinski definition) is 3. The van der Waals surface area contributed by atoms with Gasteiger partial charge in [-0.3, -0.25) is 4.79 Å². The normalized spacial score (nSPS) is 10.2. The monoisotopic (exact) mass is 284 g/mol. The number of methoxy groups -OCH3 is 1. The van der Waals surface area contributed by atoms with Crippen LogP contribution in [0, 0.1) is 6.92 Å². The summed E-state index contributed by atoms with van der Waals surface area (Å²) in [7, 11) is 1.63. The Kier molecular flexibility index (Phi) is 4.82. The predicted molar refractivity (Wildman–Crippen MR) is 85.5 cm³/mol. The molecule has 4 heteroatoms. The standard InChI is InChI=1S/C17H20N2O2/c1-12-4-3-5-15(18)17(12)19-16(20)11-8-13-6-9-14(21-2)10-7-13/h3-7,9-10H,8,11,18H2,1-2H3,(H,19,20). The molecule has 0 aromatic heterocycles. The van der Waals surface area contributed by atoms with Crippen LogP contribution in [0.3, 0.4) is 0 Å². The lowest BCUT2D eigenvalue weighted by molar-refractivity contribution is -0.116. The van der Waals surface area contributed by atoms with Crippen LogP contribution in [0.4, 0.5) is 11.4 Å². The van der Waals surface area contributed by atoms with Gasteiger partial charge in [0, 0.05) is 6.42 Å². The number of rotatable bonds is 5. The number of anilines is 2. The molecule has 0 bridgehead atoms. The number of nitrogens with one attached hydrogen (secondary N) is 1. The lowest BCUT2D eigenvalue weighted by Crippen LogP contribution is -2.14. The molecule has 2 aromatic carbocycles. The molecule has 0 aliphatic heterocycles. The molecule has 0 fully saturated rings. The molecule has 2 aromatic rings. The summed E-state index contributed by atoms with van der Waals surface area (Å²) in [6.07, 6.45) is 1.10. The molecule has 0 saturated carbocycles. The molecule has 2 rings (SSSR count). The maximum Gasteiger partial charge on any atom is 0.224 e. The summed E-state index contributed by atoms with van der Waals surface area (Å²) in [6.45, 7) is 1.93. The highest BCUT2D eigenvalue weighted by atomic mass is 16.5. The van der Waals surface area contributed by atoms with Crippen molar-refractivity contribution in [2.45, 2.75) is 19.8 Å². The largest absolute Gasteiger partial charge is 0.497 e. The van der Waals surface area contributed by atoms with Crippen LogP contribution < -0.4 is 15.8 Å². The van der Waals surface area contributed by atoms with E-state index in [0.717, 1.165) is 16.9 Å². The molecule has 0 heterocycles. The first-order valence-electron chi connectivity index (χ1n) is 6.88. The van der Waals surface area contributed by atoms with Gasteiger partial charge in [-0.05, 0) is 42.7 Å². The number of ether oxygens (including phenoxy) is 1. The van der Waals surface area contributed by atoms with E-state index >= 15 is 0 Å². The molecule has 0 aliphatic rings. The fourth-order valence-corrected chi connectivity index (χ4v) is 2.11. The highest BCUT2D eigenvalue weighted by Gasteiger charge is 2.08. The van der Waals surface area contributed by atoms with Crippen molar-refractivity contribution < 1.29 is 9.53 Å². The zero-order chi connectivity index (χ0) is 15.2. The van der Waals surface area contributed by atoms with Crippen LogP contribution in [-0.4, -0.2) is 13.0 Å². The number of hydrogen-bond donors (Lipinski definition) is 2. The van der Waals surface area contributed by atoms with Gasteiger partial charge >= 0.3 is 0 Å². The van der Waals surface area contributed by atoms with Crippen LogP contribution in [0.2, 0.25) is 0 Å². The highest BCUT2D eigenvalue weighted by molar-refractivity contribution is 5.94. The van der Waals surface area contributed by atoms with E-state index in [4.69, 9.17) is 10.5 Å². The molecule has 0 unspecified atom stereocenters. The number of carbonyl (C=O) groups excluding carboxylic acids is 1. The zero-order valence-corrected chi connectivity index (χ0v) is 12.3. The van der Waals surface area contributed by atoms with E-state index in [-0.39, 0.29) is 5.91 Å². The van der Waals surface area contributed by atoms with E-state index in [1.54, 1.807) is 13.2 Å². The number of para-hydroxylation sites is 1. The molecule has 0 atom stereocenters. The Morgan fingerprint density at radius 1 is 1.19 bits per heavy atom. The Labute approximate surface area is 124 Å². The topological polar surface area (TPSA) is 64.3 Å². The van der Waals surface area contributed by atoms with Crippen molar-refractivity contribution in [2.24, 2.45) is 0 Å². The molecule has 0 radical (unpaired) electrons. The van der Waals surface area contributed by atoms with Crippen LogP contribution in [-0.2, 0) is 11.2 Å². The Balaban J connectivity index is 1.92. The highest BCUT2D eigenvalue weighted by Crippen LogP contribution is 2.22. The minimum absolute atomic E-state index is 0.0354. The first-order chi connectivity index (χ1) is 10.1. The van der Waals surface area contributed by atoms with Gasteiger partial charge in [0.25, 0.3) is 0 Å². The van der Waals surface area contributed by atoms with Crippen LogP contribution >= 0.6 is 0 Å². The van der Waals surface area contributed by atoms with E-state index in [1.807, 2.05) is 43.3 Å². The van der Waals surface area contributed by atoms with Gasteiger partial charge in [0.05, 0.1) is 18.5 Å². The van der Waals surface area contributed by atoms with Crippen LogP contribution in [0.1, 0.15) is 17.5 Å². The summed E-state index contributed by atoms with van der Waals surface area (Å²) >= 11 is 0. The first kappa shape index (κ1) is 14.9. The van der Waals surface area contributed by atoms with Gasteiger partial charge in [0.15, 0.2) is 0 Å². The predicted octanol–water partition coefficient (Wildman–Crippen LogP) is 3.16. The molecule has 0 saturated heterocycles. The summed E-state index contributed by atoms with van der Waals surface area (Å²) in [5.74, 6) is 0.780. The van der Waals surface area contributed by atoms with E-state index < -0.39 is 0 Å². The lowest BCUT2D eigenvalue weighted by Gasteiger charge is -2.11. The van der Waals surface area contributed by atoms with Gasteiger partial charge in [-0.25, -0.2) is 0 Å². The fraction of sp³-hybridized carbons (Fsp3) is 0.235. The third-order valence-electron chi connectivity index (χ3n) is 3.37. The quantitative estimate of drug-likeness (QED) is 0.829. The third-order valence-corrected chi connectivity index (χ3v) is 3.37. The Morgan fingerprint density at radius 3 is 2.52 bits per heavy atom. The van der Waals surface area contributed by atoms with Gasteiger partial charge in [-0.1, -0.05) is 24.3 Å². The number of benzene rings is 2. The summed E-state index contributed by atoms with van der Waals surface area (Å²) in [4.78, 5) is 12.0. The first-order valence-corrected chi connectivity index (χ1v) is 6.88. The van der Waals surface area contributed by atoms with Gasteiger partial charge in [-0.15, -0.1) is 0 Å². The minimum Gasteiger partial charge on any atom is -0.497 e. The molecule has 110 valence electrons. The molecular weight excluding hydrogens is 264 g/mol. The Morgan fingerprint density at radius 2 is 1.90 bits per heavy atom. The second-order valence-corrected chi connectivity index (χ2v) is 4.94. The maximum absolute atomic E-state index is 12.0. The Hall–Kier alpha value is -2.49. The number of nitrogens with two attached hydrogens (primary N) is 1. The van der Waals surface area contributed by atoms with Crippen molar-refractivity contribution in [3.63, 3.8) is 0 Å². The SMILES string of the molecule is COc1ccc(CCC(=O)Nc2c(C)cccc2N)cc1. The van der Waals surface area contributed by atoms with Crippen molar-refractivity contribution >= 4 is 17.3 Å². The minimum atomic E-state index is -0.0354. The average Bonchev–Trinajstić information content (AvgIpc) is 2.49. The summed E-state index contributed by atoms with van der Waals surface area (Å²) in [5, 5.41) is 2.88. The summed E-state index contributed by atoms with van der Waals surface area (Å²) < 4.78 is 5.11. The van der Waals surface area contributed by atoms with Crippen LogP contribution in [0.5, 0.6) is 5.75 Å². The van der Waals surface area contributed by atoms with E-state index in [1.165, 1.54) is 0 Å². The van der Waals surface area contributed by atoms with Crippen LogP contribution in [0.25, 0.3) is 0 Å². The molecule has 0 aliphatic carbocycles. The average molecular weight is 284 g/mol. The maximum atomic E-state index is 12.0. The van der Waals surface area contributed by atoms with Crippen molar-refractivity contribution in [3.8, 4) is 5.75 Å². The molecule has 1 amide bonds. The van der Waals surface area contributed by atoms with E-state index in [0.29, 0.717) is 24.2 Å². The molecule has 0 spiro atoms. The molecule has 3 N–H and O–H groups in total. The third kappa shape index (κ3) is 3.99. The second-order valence-electron chi connectivity index (χ2n) is 4.94. The van der Waals surface area contributed by atoms with Crippen molar-refractivity contribution in [1.29, 1.82) is 0 Å². The van der Waals surface area contributed by atoms with Crippen molar-refractivity contribution in [1.82, 2.24) is 0 Å². The molecule has 4 nitrogen and oxygen atoms in total. The molecule has 21 heavy (non-hydrogen) atoms. The van der Waals surface area contributed by atoms with Crippen molar-refractivity contribution in [2.75, 3.05) is 18.2 Å². The second kappa shape index (κ2) is 6.79. The number of nitrogen functional groups attached to an aromatic ring is 1. The fourth-order valence-electron chi connectivity index (χ4n) is 2.11. The smallest absolute Gasteiger partial charge is 0.224 e. The van der Waals surface area contributed by atoms with Gasteiger partial charge < -0.3 is 15.8 Å². The number of aryl methyl sites for hydroxylation is 2. The lowest BCUT2D eigenvalue weighted by atomic mass is 10.1. The Bertz CT molecular complexity index is 601. The number of carbonyl (C=O) groups is 1. The van der Waals surface area contributed by atoms with Crippen LogP contribution in [0.15, 0.2) is 42.5 Å². The zero-order valence-electron chi connectivity index (χ0n) is 12.3. The van der Waals surface area contributed by atoms with Gasteiger partial charge in [0.1, 0.15) is 5.75 Å². The summed E-state index contributed by atoms with van der Waals surface area (Å²) in [6, 6.07) is 13.3. The van der Waals surface area contributed by atoms with E-state index in [9.17, 15) is 4.79 Å². The van der Waals surface area contributed by atoms with E-state index in [2.05, 4.69) is 5.32 Å².